The number of nitro benzene ring substituents is 1. The molecule has 0 aliphatic carbocycles. The third-order valence-corrected chi connectivity index (χ3v) is 2.62. The number of nitro groups is 1. The van der Waals surface area contributed by atoms with Crippen molar-refractivity contribution in [2.24, 2.45) is 0 Å². The summed E-state index contributed by atoms with van der Waals surface area (Å²) < 4.78 is 5.04. The maximum Gasteiger partial charge on any atom is 0.269 e. The number of benzene rings is 1. The van der Waals surface area contributed by atoms with Gasteiger partial charge in [0.2, 0.25) is 0 Å². The summed E-state index contributed by atoms with van der Waals surface area (Å²) in [6, 6.07) is 5.96. The standard InChI is InChI=1S/C12H10N2O4/c1-8-11(6-7-15)12(13-18-8)9-2-4-10(5-3-9)14(16)17/h2-5,7H,6H2,1H3. The summed E-state index contributed by atoms with van der Waals surface area (Å²) in [5.41, 5.74) is 1.96. The minimum Gasteiger partial charge on any atom is -0.361 e. The first kappa shape index (κ1) is 12.0. The highest BCUT2D eigenvalue weighted by atomic mass is 16.6. The second-order valence-corrected chi connectivity index (χ2v) is 3.74. The Bertz CT molecular complexity index is 587. The van der Waals surface area contributed by atoms with E-state index in [0.717, 1.165) is 6.29 Å². The summed E-state index contributed by atoms with van der Waals surface area (Å²) in [7, 11) is 0. The van der Waals surface area contributed by atoms with Crippen LogP contribution in [0.15, 0.2) is 28.8 Å². The molecule has 0 spiro atoms. The van der Waals surface area contributed by atoms with Crippen LogP contribution in [0, 0.1) is 17.0 Å². The molecular formula is C12H10N2O4. The van der Waals surface area contributed by atoms with Crippen molar-refractivity contribution in [1.29, 1.82) is 0 Å². The zero-order valence-electron chi connectivity index (χ0n) is 9.62. The first-order valence-electron chi connectivity index (χ1n) is 5.27. The topological polar surface area (TPSA) is 86.2 Å². The Morgan fingerprint density at radius 2 is 2.06 bits per heavy atom. The van der Waals surface area contributed by atoms with Crippen LogP contribution in [-0.2, 0) is 11.2 Å². The number of carbonyl (C=O) groups excluding carboxylic acids is 1. The van der Waals surface area contributed by atoms with Crippen molar-refractivity contribution in [1.82, 2.24) is 5.16 Å². The van der Waals surface area contributed by atoms with Crippen molar-refractivity contribution in [2.75, 3.05) is 0 Å². The highest BCUT2D eigenvalue weighted by molar-refractivity contribution is 5.69. The van der Waals surface area contributed by atoms with Gasteiger partial charge >= 0.3 is 0 Å². The lowest BCUT2D eigenvalue weighted by molar-refractivity contribution is -0.384. The van der Waals surface area contributed by atoms with Gasteiger partial charge in [-0.2, -0.15) is 0 Å². The number of rotatable bonds is 4. The second kappa shape index (κ2) is 4.79. The summed E-state index contributed by atoms with van der Waals surface area (Å²) in [4.78, 5) is 20.7. The number of aromatic nitrogens is 1. The first-order valence-corrected chi connectivity index (χ1v) is 5.27. The summed E-state index contributed by atoms with van der Waals surface area (Å²) in [6.07, 6.45) is 0.982. The van der Waals surface area contributed by atoms with Gasteiger partial charge in [0.25, 0.3) is 5.69 Å². The molecule has 2 rings (SSSR count). The lowest BCUT2D eigenvalue weighted by atomic mass is 10.0. The van der Waals surface area contributed by atoms with Crippen LogP contribution in [0.4, 0.5) is 5.69 Å². The molecule has 2 aromatic rings. The van der Waals surface area contributed by atoms with Crippen LogP contribution in [0.2, 0.25) is 0 Å². The van der Waals surface area contributed by atoms with E-state index in [2.05, 4.69) is 5.16 Å². The van der Waals surface area contributed by atoms with E-state index < -0.39 is 4.92 Å². The fourth-order valence-corrected chi connectivity index (χ4v) is 1.68. The van der Waals surface area contributed by atoms with Crippen LogP contribution in [0.1, 0.15) is 11.3 Å². The van der Waals surface area contributed by atoms with E-state index in [1.165, 1.54) is 12.1 Å². The Kier molecular flexibility index (Phi) is 3.18. The van der Waals surface area contributed by atoms with Gasteiger partial charge in [-0.25, -0.2) is 0 Å². The molecule has 0 saturated carbocycles. The molecule has 0 atom stereocenters. The monoisotopic (exact) mass is 246 g/mol. The normalized spacial score (nSPS) is 10.3. The fraction of sp³-hybridized carbons (Fsp3) is 0.167. The summed E-state index contributed by atoms with van der Waals surface area (Å²) >= 11 is 0. The van der Waals surface area contributed by atoms with Crippen molar-refractivity contribution in [3.63, 3.8) is 0 Å². The summed E-state index contributed by atoms with van der Waals surface area (Å²) in [6.45, 7) is 1.72. The average molecular weight is 246 g/mol. The number of carbonyl (C=O) groups is 1. The number of hydrogen-bond donors (Lipinski definition) is 0. The largest absolute Gasteiger partial charge is 0.361 e. The van der Waals surface area contributed by atoms with Crippen molar-refractivity contribution in [3.8, 4) is 11.3 Å². The highest BCUT2D eigenvalue weighted by Gasteiger charge is 2.15. The Labute approximate surface area is 102 Å². The number of non-ortho nitro benzene ring substituents is 1. The number of nitrogens with zero attached hydrogens (tertiary/aromatic N) is 2. The van der Waals surface area contributed by atoms with E-state index in [1.54, 1.807) is 19.1 Å². The van der Waals surface area contributed by atoms with Crippen molar-refractivity contribution < 1.29 is 14.2 Å². The molecule has 1 heterocycles. The van der Waals surface area contributed by atoms with E-state index in [9.17, 15) is 14.9 Å². The molecular weight excluding hydrogens is 236 g/mol. The highest BCUT2D eigenvalue weighted by Crippen LogP contribution is 2.26. The van der Waals surface area contributed by atoms with Crippen LogP contribution in [0.5, 0.6) is 0 Å². The molecule has 0 aliphatic heterocycles. The molecule has 0 radical (unpaired) electrons. The van der Waals surface area contributed by atoms with Gasteiger partial charge in [0.05, 0.1) is 4.92 Å². The molecule has 6 heteroatoms. The summed E-state index contributed by atoms with van der Waals surface area (Å²) in [5.74, 6) is 0.579. The van der Waals surface area contributed by atoms with Gasteiger partial charge in [-0.1, -0.05) is 5.16 Å². The van der Waals surface area contributed by atoms with Crippen molar-refractivity contribution in [2.45, 2.75) is 13.3 Å². The SMILES string of the molecule is Cc1onc(-c2ccc([N+](=O)[O-])cc2)c1CC=O. The minimum absolute atomic E-state index is 0.0101. The van der Waals surface area contributed by atoms with E-state index in [1.807, 2.05) is 0 Å². The van der Waals surface area contributed by atoms with Crippen LogP contribution in [0.25, 0.3) is 11.3 Å². The van der Waals surface area contributed by atoms with Crippen LogP contribution < -0.4 is 0 Å². The molecule has 0 bridgehead atoms. The molecule has 0 aliphatic rings. The lowest BCUT2D eigenvalue weighted by Gasteiger charge is -1.98. The second-order valence-electron chi connectivity index (χ2n) is 3.74. The Morgan fingerprint density at radius 3 is 2.61 bits per heavy atom. The van der Waals surface area contributed by atoms with E-state index in [4.69, 9.17) is 4.52 Å². The van der Waals surface area contributed by atoms with E-state index >= 15 is 0 Å². The van der Waals surface area contributed by atoms with Gasteiger partial charge in [0.15, 0.2) is 0 Å². The zero-order chi connectivity index (χ0) is 13.1. The average Bonchev–Trinajstić information content (AvgIpc) is 2.72. The Balaban J connectivity index is 2.42. The number of aldehydes is 1. The van der Waals surface area contributed by atoms with Gasteiger partial charge in [-0.3, -0.25) is 10.1 Å². The maximum absolute atomic E-state index is 10.6. The van der Waals surface area contributed by atoms with Crippen LogP contribution in [-0.4, -0.2) is 16.4 Å². The number of aryl methyl sites for hydroxylation is 1. The molecule has 6 nitrogen and oxygen atoms in total. The molecule has 0 unspecified atom stereocenters. The fourth-order valence-electron chi connectivity index (χ4n) is 1.68. The Hall–Kier alpha value is -2.50. The number of hydrogen-bond acceptors (Lipinski definition) is 5. The smallest absolute Gasteiger partial charge is 0.269 e. The van der Waals surface area contributed by atoms with Gasteiger partial charge < -0.3 is 9.32 Å². The lowest BCUT2D eigenvalue weighted by Crippen LogP contribution is -1.91. The molecule has 1 aromatic carbocycles. The summed E-state index contributed by atoms with van der Waals surface area (Å²) in [5, 5.41) is 14.4. The van der Waals surface area contributed by atoms with Gasteiger partial charge in [-0.15, -0.1) is 0 Å². The van der Waals surface area contributed by atoms with Crippen molar-refractivity contribution >= 4 is 12.0 Å². The first-order chi connectivity index (χ1) is 8.63. The van der Waals surface area contributed by atoms with Gasteiger partial charge in [-0.05, 0) is 19.1 Å². The van der Waals surface area contributed by atoms with Gasteiger partial charge in [0, 0.05) is 29.7 Å². The molecule has 1 aromatic heterocycles. The molecule has 0 fully saturated rings. The molecule has 92 valence electrons. The third-order valence-electron chi connectivity index (χ3n) is 2.62. The molecule has 0 N–H and O–H groups in total. The predicted octanol–water partition coefficient (Wildman–Crippen LogP) is 2.30. The molecule has 18 heavy (non-hydrogen) atoms. The van der Waals surface area contributed by atoms with Gasteiger partial charge in [0.1, 0.15) is 17.7 Å². The predicted molar refractivity (Wildman–Crippen MR) is 63.1 cm³/mol. The quantitative estimate of drug-likeness (QED) is 0.469. The van der Waals surface area contributed by atoms with Crippen LogP contribution >= 0.6 is 0 Å². The van der Waals surface area contributed by atoms with E-state index in [0.29, 0.717) is 22.6 Å². The van der Waals surface area contributed by atoms with E-state index in [-0.39, 0.29) is 12.1 Å². The molecule has 0 saturated heterocycles. The van der Waals surface area contributed by atoms with Crippen molar-refractivity contribution in [3.05, 3.63) is 45.7 Å². The molecule has 0 amide bonds. The third kappa shape index (κ3) is 2.13. The maximum atomic E-state index is 10.6. The minimum atomic E-state index is -0.468. The zero-order valence-corrected chi connectivity index (χ0v) is 9.62. The Morgan fingerprint density at radius 1 is 1.39 bits per heavy atom. The van der Waals surface area contributed by atoms with Crippen LogP contribution in [0.3, 0.4) is 0 Å².